The second-order valence-electron chi connectivity index (χ2n) is 7.60. The molecule has 5 nitrogen and oxygen atoms in total. The van der Waals surface area contributed by atoms with Crippen molar-refractivity contribution in [1.29, 1.82) is 0 Å². The second-order valence-corrected chi connectivity index (χ2v) is 8.04. The average Bonchev–Trinajstić information content (AvgIpc) is 3.21. The van der Waals surface area contributed by atoms with Crippen LogP contribution >= 0.6 is 11.6 Å². The molecule has 2 amide bonds. The lowest BCUT2D eigenvalue weighted by molar-refractivity contribution is -0.123. The van der Waals surface area contributed by atoms with Crippen molar-refractivity contribution < 1.29 is 14.0 Å². The summed E-state index contributed by atoms with van der Waals surface area (Å²) in [6.45, 7) is 7.26. The van der Waals surface area contributed by atoms with E-state index < -0.39 is 29.7 Å². The Kier molecular flexibility index (Phi) is 5.93. The fraction of sp³-hybridized carbons (Fsp3) is 0.160. The summed E-state index contributed by atoms with van der Waals surface area (Å²) in [4.78, 5) is 31.3. The summed E-state index contributed by atoms with van der Waals surface area (Å²) >= 11 is 6.13. The Morgan fingerprint density at radius 3 is 2.56 bits per heavy atom. The zero-order chi connectivity index (χ0) is 22.8. The van der Waals surface area contributed by atoms with E-state index in [1.54, 1.807) is 54.6 Å². The van der Waals surface area contributed by atoms with Gasteiger partial charge in [0.25, 0.3) is 5.91 Å². The molecule has 0 saturated heterocycles. The largest absolute Gasteiger partial charge is 0.368 e. The summed E-state index contributed by atoms with van der Waals surface area (Å²) in [6.07, 6.45) is 0.812. The smallest absolute Gasteiger partial charge is 0.254 e. The first-order valence-electron chi connectivity index (χ1n) is 10.0. The summed E-state index contributed by atoms with van der Waals surface area (Å²) in [5, 5.41) is 0.214. The molecule has 0 saturated carbocycles. The maximum Gasteiger partial charge on any atom is 0.254 e. The minimum Gasteiger partial charge on any atom is -0.368 e. The standard InChI is InChI=1S/C25H19ClFN3O2/c1-29-18-9-5-8-16(12-18)25(32)30(23(24(28)31)15-6-3-2-4-7-15)22-11-10-19-20(22)13-17(26)14-21(19)27/h2-9,12-14,22-23H,10-11H2,(H2,28,31)/t22-,23-/m1/s1. The number of amides is 2. The first-order chi connectivity index (χ1) is 15.4. The Morgan fingerprint density at radius 1 is 1.12 bits per heavy atom. The molecule has 0 aliphatic heterocycles. The Balaban J connectivity index is 1.89. The second kappa shape index (κ2) is 8.81. The van der Waals surface area contributed by atoms with Crippen molar-refractivity contribution in [3.05, 3.63) is 111 Å². The molecule has 3 aromatic rings. The van der Waals surface area contributed by atoms with Gasteiger partial charge in [-0.15, -0.1) is 0 Å². The number of rotatable bonds is 5. The van der Waals surface area contributed by atoms with Crippen molar-refractivity contribution in [2.45, 2.75) is 24.9 Å². The Bertz CT molecular complexity index is 1240. The third-order valence-corrected chi connectivity index (χ3v) is 5.90. The minimum atomic E-state index is -1.08. The van der Waals surface area contributed by atoms with Crippen LogP contribution in [-0.2, 0) is 11.2 Å². The third-order valence-electron chi connectivity index (χ3n) is 5.68. The summed E-state index contributed by atoms with van der Waals surface area (Å²) in [6, 6.07) is 16.2. The molecule has 0 fully saturated rings. The number of halogens is 2. The number of hydrogen-bond acceptors (Lipinski definition) is 2. The molecule has 3 aromatic carbocycles. The Hall–Kier alpha value is -3.69. The van der Waals surface area contributed by atoms with E-state index in [9.17, 15) is 14.0 Å². The molecule has 2 N–H and O–H groups in total. The van der Waals surface area contributed by atoms with Gasteiger partial charge >= 0.3 is 0 Å². The molecule has 2 atom stereocenters. The van der Waals surface area contributed by atoms with Gasteiger partial charge in [0.1, 0.15) is 11.9 Å². The van der Waals surface area contributed by atoms with Gasteiger partial charge < -0.3 is 10.6 Å². The fourth-order valence-corrected chi connectivity index (χ4v) is 4.52. The number of carbonyl (C=O) groups excluding carboxylic acids is 2. The van der Waals surface area contributed by atoms with Gasteiger partial charge in [-0.25, -0.2) is 9.24 Å². The first kappa shape index (κ1) is 21.5. The highest BCUT2D eigenvalue weighted by atomic mass is 35.5. The lowest BCUT2D eigenvalue weighted by atomic mass is 9.97. The van der Waals surface area contributed by atoms with Crippen molar-refractivity contribution in [3.8, 4) is 0 Å². The molecular weight excluding hydrogens is 429 g/mol. The molecule has 0 spiro atoms. The van der Waals surface area contributed by atoms with Crippen LogP contribution in [0.25, 0.3) is 4.85 Å². The maximum absolute atomic E-state index is 14.6. The molecule has 7 heteroatoms. The SMILES string of the molecule is [C-]#[N+]c1cccc(C(=O)N([C@@H]2CCc3c(F)cc(Cl)cc32)[C@@H](C(N)=O)c2ccccc2)c1. The van der Waals surface area contributed by atoms with E-state index in [0.717, 1.165) is 0 Å². The average molecular weight is 448 g/mol. The predicted octanol–water partition coefficient (Wildman–Crippen LogP) is 5.39. The van der Waals surface area contributed by atoms with Crippen molar-refractivity contribution >= 4 is 29.1 Å². The zero-order valence-corrected chi connectivity index (χ0v) is 17.7. The normalized spacial score (nSPS) is 15.5. The summed E-state index contributed by atoms with van der Waals surface area (Å²) < 4.78 is 14.6. The van der Waals surface area contributed by atoms with Crippen molar-refractivity contribution in [2.24, 2.45) is 5.73 Å². The van der Waals surface area contributed by atoms with Gasteiger partial charge in [-0.05, 0) is 47.7 Å². The Morgan fingerprint density at radius 2 is 1.88 bits per heavy atom. The topological polar surface area (TPSA) is 67.8 Å². The van der Waals surface area contributed by atoms with E-state index in [4.69, 9.17) is 23.9 Å². The molecule has 0 bridgehead atoms. The van der Waals surface area contributed by atoms with Gasteiger partial charge in [0, 0.05) is 10.6 Å². The number of nitrogens with two attached hydrogens (primary N) is 1. The quantitative estimate of drug-likeness (QED) is 0.533. The number of carbonyl (C=O) groups is 2. The maximum atomic E-state index is 14.6. The molecule has 1 aliphatic carbocycles. The van der Waals surface area contributed by atoms with Crippen molar-refractivity contribution in [1.82, 2.24) is 4.90 Å². The lowest BCUT2D eigenvalue weighted by Gasteiger charge is -2.36. The van der Waals surface area contributed by atoms with Crippen LogP contribution in [-0.4, -0.2) is 16.7 Å². The van der Waals surface area contributed by atoms with Crippen LogP contribution in [0.3, 0.4) is 0 Å². The highest BCUT2D eigenvalue weighted by Crippen LogP contribution is 2.43. The summed E-state index contributed by atoms with van der Waals surface area (Å²) in [5.41, 5.74) is 7.94. The molecule has 0 radical (unpaired) electrons. The highest BCUT2D eigenvalue weighted by Gasteiger charge is 2.40. The molecule has 0 aromatic heterocycles. The fourth-order valence-electron chi connectivity index (χ4n) is 4.30. The lowest BCUT2D eigenvalue weighted by Crippen LogP contribution is -2.43. The van der Waals surface area contributed by atoms with E-state index >= 15 is 0 Å². The number of fused-ring (bicyclic) bond motifs is 1. The van der Waals surface area contributed by atoms with Crippen LogP contribution in [0.1, 0.15) is 45.6 Å². The summed E-state index contributed by atoms with van der Waals surface area (Å²) in [7, 11) is 0. The van der Waals surface area contributed by atoms with E-state index in [-0.39, 0.29) is 10.6 Å². The first-order valence-corrected chi connectivity index (χ1v) is 10.4. The number of nitrogens with zero attached hydrogens (tertiary/aromatic N) is 2. The van der Waals surface area contributed by atoms with Crippen molar-refractivity contribution in [2.75, 3.05) is 0 Å². The third kappa shape index (κ3) is 3.95. The zero-order valence-electron chi connectivity index (χ0n) is 17.0. The molecular formula is C25H19ClFN3O2. The molecule has 4 rings (SSSR count). The van der Waals surface area contributed by atoms with Crippen LogP contribution in [0.4, 0.5) is 10.1 Å². The molecule has 0 unspecified atom stereocenters. The van der Waals surface area contributed by atoms with Crippen LogP contribution < -0.4 is 5.73 Å². The molecule has 0 heterocycles. The summed E-state index contributed by atoms with van der Waals surface area (Å²) in [5.74, 6) is -1.61. The molecule has 160 valence electrons. The van der Waals surface area contributed by atoms with Crippen LogP contribution in [0.5, 0.6) is 0 Å². The van der Waals surface area contributed by atoms with Gasteiger partial charge in [0.15, 0.2) is 5.69 Å². The molecule has 1 aliphatic rings. The van der Waals surface area contributed by atoms with E-state index in [1.807, 2.05) is 0 Å². The molecule has 32 heavy (non-hydrogen) atoms. The van der Waals surface area contributed by atoms with Gasteiger partial charge in [-0.2, -0.15) is 0 Å². The Labute approximate surface area is 190 Å². The van der Waals surface area contributed by atoms with Gasteiger partial charge in [-0.1, -0.05) is 60.1 Å². The van der Waals surface area contributed by atoms with Crippen molar-refractivity contribution in [3.63, 3.8) is 0 Å². The van der Waals surface area contributed by atoms with Gasteiger partial charge in [0.2, 0.25) is 5.91 Å². The van der Waals surface area contributed by atoms with Crippen LogP contribution in [0.2, 0.25) is 5.02 Å². The van der Waals surface area contributed by atoms with Crippen LogP contribution in [0.15, 0.2) is 66.7 Å². The predicted molar refractivity (Wildman–Crippen MR) is 120 cm³/mol. The van der Waals surface area contributed by atoms with E-state index in [2.05, 4.69) is 4.85 Å². The van der Waals surface area contributed by atoms with E-state index in [0.29, 0.717) is 35.2 Å². The van der Waals surface area contributed by atoms with Gasteiger partial charge in [-0.3, -0.25) is 9.59 Å². The number of benzene rings is 3. The number of hydrogen-bond donors (Lipinski definition) is 1. The monoisotopic (exact) mass is 447 g/mol. The van der Waals surface area contributed by atoms with Gasteiger partial charge in [0.05, 0.1) is 12.6 Å². The van der Waals surface area contributed by atoms with Crippen LogP contribution in [0, 0.1) is 12.4 Å². The van der Waals surface area contributed by atoms with E-state index in [1.165, 1.54) is 17.0 Å². The minimum absolute atomic E-state index is 0.214. The number of primary amides is 1. The highest BCUT2D eigenvalue weighted by molar-refractivity contribution is 6.30.